The van der Waals surface area contributed by atoms with Crippen molar-refractivity contribution in [2.45, 2.75) is 85.2 Å². The lowest BCUT2D eigenvalue weighted by Crippen LogP contribution is -2.27. The van der Waals surface area contributed by atoms with Crippen LogP contribution >= 0.6 is 0 Å². The summed E-state index contributed by atoms with van der Waals surface area (Å²) in [6.45, 7) is 8.79. The van der Waals surface area contributed by atoms with Gasteiger partial charge in [-0.15, -0.1) is 0 Å². The van der Waals surface area contributed by atoms with Gasteiger partial charge in [-0.3, -0.25) is 4.79 Å². The first kappa shape index (κ1) is 19.5. The molecular formula is C19H36O3. The van der Waals surface area contributed by atoms with Crippen molar-refractivity contribution in [3.8, 4) is 0 Å². The van der Waals surface area contributed by atoms with Crippen molar-refractivity contribution in [2.75, 3.05) is 0 Å². The van der Waals surface area contributed by atoms with Gasteiger partial charge in [0.05, 0.1) is 12.0 Å². The molecule has 1 fully saturated rings. The fraction of sp³-hybridized carbons (Fsp3) is 0.947. The molecule has 2 N–H and O–H groups in total. The van der Waals surface area contributed by atoms with E-state index >= 15 is 0 Å². The van der Waals surface area contributed by atoms with Crippen LogP contribution in [0.3, 0.4) is 0 Å². The second kappa shape index (κ2) is 9.54. The molecule has 0 spiro atoms. The van der Waals surface area contributed by atoms with Gasteiger partial charge in [-0.05, 0) is 49.4 Å². The first-order valence-electron chi connectivity index (χ1n) is 9.31. The van der Waals surface area contributed by atoms with E-state index in [4.69, 9.17) is 5.11 Å². The zero-order chi connectivity index (χ0) is 16.7. The SMILES string of the molecule is CC[C@H](C)CCC[C@H](C)C1CC1CC[C@@H](O)[C@@H](CC)C(=O)O. The summed E-state index contributed by atoms with van der Waals surface area (Å²) in [5.74, 6) is 1.71. The molecule has 130 valence electrons. The summed E-state index contributed by atoms with van der Waals surface area (Å²) in [4.78, 5) is 11.0. The molecule has 6 atom stereocenters. The van der Waals surface area contributed by atoms with Crippen LogP contribution in [0.1, 0.15) is 79.1 Å². The summed E-state index contributed by atoms with van der Waals surface area (Å²) in [7, 11) is 0. The van der Waals surface area contributed by atoms with E-state index in [0.717, 1.165) is 30.1 Å². The lowest BCUT2D eigenvalue weighted by Gasteiger charge is -2.18. The molecule has 1 saturated carbocycles. The molecule has 0 aromatic rings. The summed E-state index contributed by atoms with van der Waals surface area (Å²) in [6, 6.07) is 0. The lowest BCUT2D eigenvalue weighted by atomic mass is 9.91. The molecule has 0 aromatic carbocycles. The van der Waals surface area contributed by atoms with Gasteiger partial charge in [0.25, 0.3) is 0 Å². The van der Waals surface area contributed by atoms with Crippen molar-refractivity contribution in [3.05, 3.63) is 0 Å². The van der Waals surface area contributed by atoms with Crippen molar-refractivity contribution in [1.82, 2.24) is 0 Å². The zero-order valence-electron chi connectivity index (χ0n) is 14.9. The first-order valence-corrected chi connectivity index (χ1v) is 9.31. The number of aliphatic hydroxyl groups is 1. The van der Waals surface area contributed by atoms with Crippen LogP contribution in [-0.2, 0) is 4.79 Å². The molecule has 2 unspecified atom stereocenters. The van der Waals surface area contributed by atoms with Gasteiger partial charge < -0.3 is 10.2 Å². The number of carboxylic acid groups (broad SMARTS) is 1. The molecule has 0 saturated heterocycles. The molecule has 0 heterocycles. The predicted octanol–water partition coefficient (Wildman–Crippen LogP) is 4.73. The van der Waals surface area contributed by atoms with E-state index in [9.17, 15) is 9.90 Å². The number of carboxylic acids is 1. The minimum atomic E-state index is -0.860. The van der Waals surface area contributed by atoms with Gasteiger partial charge >= 0.3 is 5.97 Å². The van der Waals surface area contributed by atoms with Crippen molar-refractivity contribution >= 4 is 5.97 Å². The number of aliphatic carboxylic acids is 1. The van der Waals surface area contributed by atoms with E-state index < -0.39 is 18.0 Å². The quantitative estimate of drug-likeness (QED) is 0.548. The molecule has 0 aromatic heterocycles. The summed E-state index contributed by atoms with van der Waals surface area (Å²) >= 11 is 0. The third-order valence-electron chi connectivity index (χ3n) is 5.82. The van der Waals surface area contributed by atoms with Crippen molar-refractivity contribution in [2.24, 2.45) is 29.6 Å². The lowest BCUT2D eigenvalue weighted by molar-refractivity contribution is -0.146. The first-order chi connectivity index (χ1) is 10.4. The highest BCUT2D eigenvalue weighted by atomic mass is 16.4. The summed E-state index contributed by atoms with van der Waals surface area (Å²) in [5.41, 5.74) is 0. The fourth-order valence-corrected chi connectivity index (χ4v) is 3.70. The number of aliphatic hydroxyl groups excluding tert-OH is 1. The van der Waals surface area contributed by atoms with Crippen LogP contribution in [0.15, 0.2) is 0 Å². The van der Waals surface area contributed by atoms with Crippen LogP contribution in [0.4, 0.5) is 0 Å². The molecular weight excluding hydrogens is 276 g/mol. The Labute approximate surface area is 136 Å². The van der Waals surface area contributed by atoms with Gasteiger partial charge in [0.15, 0.2) is 0 Å². The summed E-state index contributed by atoms with van der Waals surface area (Å²) in [6.07, 6.45) is 8.02. The number of hydrogen-bond donors (Lipinski definition) is 2. The van der Waals surface area contributed by atoms with Gasteiger partial charge in [-0.1, -0.05) is 53.4 Å². The van der Waals surface area contributed by atoms with E-state index in [2.05, 4.69) is 20.8 Å². The normalized spacial score (nSPS) is 26.2. The van der Waals surface area contributed by atoms with Gasteiger partial charge in [-0.2, -0.15) is 0 Å². The Balaban J connectivity index is 2.19. The highest BCUT2D eigenvalue weighted by Crippen LogP contribution is 2.49. The van der Waals surface area contributed by atoms with Gasteiger partial charge in [0, 0.05) is 0 Å². The Morgan fingerprint density at radius 1 is 1.14 bits per heavy atom. The van der Waals surface area contributed by atoms with Crippen LogP contribution in [0.2, 0.25) is 0 Å². The number of rotatable bonds is 12. The molecule has 1 aliphatic carbocycles. The molecule has 0 amide bonds. The third-order valence-corrected chi connectivity index (χ3v) is 5.82. The second-order valence-electron chi connectivity index (χ2n) is 7.58. The maximum absolute atomic E-state index is 11.0. The Morgan fingerprint density at radius 3 is 2.36 bits per heavy atom. The molecule has 3 nitrogen and oxygen atoms in total. The summed E-state index contributed by atoms with van der Waals surface area (Å²) in [5, 5.41) is 19.1. The highest BCUT2D eigenvalue weighted by Gasteiger charge is 2.40. The molecule has 1 rings (SSSR count). The topological polar surface area (TPSA) is 57.5 Å². The highest BCUT2D eigenvalue weighted by molar-refractivity contribution is 5.70. The van der Waals surface area contributed by atoms with Gasteiger partial charge in [-0.25, -0.2) is 0 Å². The minimum Gasteiger partial charge on any atom is -0.481 e. The Kier molecular flexibility index (Phi) is 8.45. The Hall–Kier alpha value is -0.570. The number of hydrogen-bond acceptors (Lipinski definition) is 2. The maximum Gasteiger partial charge on any atom is 0.309 e. The van der Waals surface area contributed by atoms with Crippen molar-refractivity contribution < 1.29 is 15.0 Å². The van der Waals surface area contributed by atoms with Crippen LogP contribution in [0.5, 0.6) is 0 Å². The molecule has 3 heteroatoms. The standard InChI is InChI=1S/C19H36O3/c1-5-13(3)8-7-9-14(4)17-12-15(17)10-11-18(20)16(6-2)19(21)22/h13-18,20H,5-12H2,1-4H3,(H,21,22)/t13-,14-,15?,16+,17?,18+/m0/s1. The Morgan fingerprint density at radius 2 is 1.82 bits per heavy atom. The fourth-order valence-electron chi connectivity index (χ4n) is 3.70. The molecule has 22 heavy (non-hydrogen) atoms. The van der Waals surface area contributed by atoms with Crippen LogP contribution in [-0.4, -0.2) is 22.3 Å². The smallest absolute Gasteiger partial charge is 0.309 e. The average Bonchev–Trinajstić information content (AvgIpc) is 3.24. The largest absolute Gasteiger partial charge is 0.481 e. The average molecular weight is 312 g/mol. The van der Waals surface area contributed by atoms with Crippen molar-refractivity contribution in [1.29, 1.82) is 0 Å². The van der Waals surface area contributed by atoms with Gasteiger partial charge in [0.2, 0.25) is 0 Å². The van der Waals surface area contributed by atoms with Crippen molar-refractivity contribution in [3.63, 3.8) is 0 Å². The molecule has 0 radical (unpaired) electrons. The van der Waals surface area contributed by atoms with E-state index in [0.29, 0.717) is 12.8 Å². The van der Waals surface area contributed by atoms with Crippen LogP contribution < -0.4 is 0 Å². The van der Waals surface area contributed by atoms with E-state index in [1.54, 1.807) is 0 Å². The van der Waals surface area contributed by atoms with E-state index in [1.165, 1.54) is 32.1 Å². The van der Waals surface area contributed by atoms with Gasteiger partial charge in [0.1, 0.15) is 0 Å². The van der Waals surface area contributed by atoms with E-state index in [1.807, 2.05) is 6.92 Å². The van der Waals surface area contributed by atoms with Crippen LogP contribution in [0.25, 0.3) is 0 Å². The molecule has 0 bridgehead atoms. The minimum absolute atomic E-state index is 0.511. The summed E-state index contributed by atoms with van der Waals surface area (Å²) < 4.78 is 0. The Bertz CT molecular complexity index is 329. The zero-order valence-corrected chi connectivity index (χ0v) is 14.9. The second-order valence-corrected chi connectivity index (χ2v) is 7.58. The molecule has 0 aliphatic heterocycles. The maximum atomic E-state index is 11.0. The van der Waals surface area contributed by atoms with E-state index in [-0.39, 0.29) is 0 Å². The number of carbonyl (C=O) groups is 1. The molecule has 1 aliphatic rings. The monoisotopic (exact) mass is 312 g/mol. The van der Waals surface area contributed by atoms with Crippen LogP contribution in [0, 0.1) is 29.6 Å². The predicted molar refractivity (Wildman–Crippen MR) is 90.7 cm³/mol. The third kappa shape index (κ3) is 6.28.